The number of hydrogen-bond donors (Lipinski definition) is 0. The van der Waals surface area contributed by atoms with Gasteiger partial charge in [0.05, 0.1) is 38.6 Å². The molecule has 776 valence electrons. The van der Waals surface area contributed by atoms with Crippen LogP contribution in [0.4, 0.5) is 0 Å². The average Bonchev–Trinajstić information content (AvgIpc) is 1.55. The fraction of sp³-hybridized carbons (Fsp3) is 0.421. The van der Waals surface area contributed by atoms with Gasteiger partial charge in [-0.3, -0.25) is 0 Å². The van der Waals surface area contributed by atoms with Gasteiger partial charge in [0.15, 0.2) is 0 Å². The van der Waals surface area contributed by atoms with Crippen molar-refractivity contribution in [1.82, 2.24) is 13.7 Å². The summed E-state index contributed by atoms with van der Waals surface area (Å²) >= 11 is 0. The van der Waals surface area contributed by atoms with E-state index in [1.807, 2.05) is 0 Å². The molecule has 0 unspecified atom stereocenters. The molecule has 3 heterocycles. The van der Waals surface area contributed by atoms with Crippen LogP contribution in [0.15, 0.2) is 261 Å². The van der Waals surface area contributed by atoms with E-state index in [0.717, 1.165) is 44.2 Å². The van der Waals surface area contributed by atoms with Gasteiger partial charge in [-0.2, -0.15) is 0 Å². The molecule has 0 bridgehead atoms. The second kappa shape index (κ2) is 38.1. The van der Waals surface area contributed by atoms with Crippen molar-refractivity contribution in [2.24, 2.45) is 0 Å². The number of aromatic nitrogens is 3. The lowest BCUT2D eigenvalue weighted by atomic mass is 9.77. The van der Waals surface area contributed by atoms with Crippen LogP contribution in [-0.4, -0.2) is 13.7 Å². The molecule has 0 aliphatic carbocycles. The van der Waals surface area contributed by atoms with Crippen molar-refractivity contribution in [1.29, 1.82) is 0 Å². The van der Waals surface area contributed by atoms with E-state index in [4.69, 9.17) is 2.74 Å². The summed E-state index contributed by atoms with van der Waals surface area (Å²) in [7, 11) is 0. The summed E-state index contributed by atoms with van der Waals surface area (Å²) < 4.78 is 43.4. The van der Waals surface area contributed by atoms with Crippen molar-refractivity contribution in [2.75, 3.05) is 0 Å². The van der Waals surface area contributed by atoms with E-state index in [1.54, 1.807) is 6.92 Å². The summed E-state index contributed by atoms with van der Waals surface area (Å²) in [5.41, 5.74) is 41.8. The average molecular weight is 1970 g/mol. The zero-order valence-corrected chi connectivity index (χ0v) is 99.9. The summed E-state index contributed by atoms with van der Waals surface area (Å²) in [6, 6.07) is 91.0. The second-order valence-electron chi connectivity index (χ2n) is 58.9. The maximum absolute atomic E-state index is 9.30. The van der Waals surface area contributed by atoms with Gasteiger partial charge in [-0.1, -0.05) is 505 Å². The summed E-state index contributed by atoms with van der Waals surface area (Å²) in [5, 5.41) is 7.63. The lowest BCUT2D eigenvalue weighted by Gasteiger charge is -2.27. The van der Waals surface area contributed by atoms with Crippen LogP contribution in [0.5, 0.6) is 0 Å². The highest BCUT2D eigenvalue weighted by Gasteiger charge is 2.37. The smallest absolute Gasteiger partial charge is 0.0632 e. The maximum Gasteiger partial charge on any atom is 0.0632 e. The highest BCUT2D eigenvalue weighted by Crippen LogP contribution is 2.54. The predicted octanol–water partition coefficient (Wildman–Crippen LogP) is 42.5. The number of hydrogen-bond acceptors (Lipinski definition) is 0. The Labute approximate surface area is 900 Å². The normalized spacial score (nSPS) is 13.9. The maximum atomic E-state index is 9.30. The Kier molecular flexibility index (Phi) is 27.0. The molecule has 0 saturated heterocycles. The molecule has 0 radical (unpaired) electrons. The summed E-state index contributed by atoms with van der Waals surface area (Å²) in [6.45, 7) is 106. The van der Waals surface area contributed by atoms with Crippen molar-refractivity contribution >= 4 is 65.4 Å². The minimum absolute atomic E-state index is 0.00767. The first-order valence-corrected chi connectivity index (χ1v) is 54.9. The minimum atomic E-state index is -0.427. The van der Waals surface area contributed by atoms with Gasteiger partial charge in [0.2, 0.25) is 0 Å². The Morgan fingerprint density at radius 3 is 0.655 bits per heavy atom. The van der Waals surface area contributed by atoms with Crippen LogP contribution in [0.25, 0.3) is 138 Å². The van der Waals surface area contributed by atoms with E-state index >= 15 is 0 Å². The molecule has 0 atom stereocenters. The summed E-state index contributed by atoms with van der Waals surface area (Å²) in [4.78, 5) is 0. The fourth-order valence-corrected chi connectivity index (χ4v) is 21.6. The molecule has 148 heavy (non-hydrogen) atoms. The predicted molar refractivity (Wildman–Crippen MR) is 655 cm³/mol. The van der Waals surface area contributed by atoms with Gasteiger partial charge in [-0.05, 0) is 300 Å². The molecule has 3 nitrogen and oxygen atoms in total. The number of fused-ring (bicyclic) bond motifs is 9. The molecule has 0 saturated carbocycles. The molecular weight excluding hydrogens is 1780 g/mol. The van der Waals surface area contributed by atoms with Crippen molar-refractivity contribution in [3.05, 3.63) is 350 Å². The van der Waals surface area contributed by atoms with Crippen molar-refractivity contribution < 1.29 is 5.48 Å². The minimum Gasteiger partial charge on any atom is -0.309 e. The third kappa shape index (κ3) is 22.5. The van der Waals surface area contributed by atoms with Gasteiger partial charge in [-0.25, -0.2) is 0 Å². The third-order valence-electron chi connectivity index (χ3n) is 30.8. The largest absolute Gasteiger partial charge is 0.309 e. The van der Waals surface area contributed by atoms with E-state index in [2.05, 4.69) is 562 Å². The number of nitrogens with zero attached hydrogens (tertiary/aromatic N) is 3. The first kappa shape index (κ1) is 105. The van der Waals surface area contributed by atoms with Gasteiger partial charge < -0.3 is 13.7 Å². The van der Waals surface area contributed by atoms with E-state index in [0.29, 0.717) is 11.1 Å². The Hall–Kier alpha value is -11.5. The van der Waals surface area contributed by atoms with Crippen molar-refractivity contribution in [3.8, 4) is 72.7 Å². The van der Waals surface area contributed by atoms with Gasteiger partial charge in [0.25, 0.3) is 0 Å². The molecule has 17 rings (SSSR count). The molecular formula is C145H181N3. The highest BCUT2D eigenvalue weighted by atomic mass is 15.0. The SMILES string of the molecule is CC(C)(C)c1cc(-c2cccc3c2c2c(C(C)(C)C)c(-c4ccccc4)ccc2n3-c2cc(C(C)(C)C)cc(C(C)(C)C)c2)cc(C(C)(C)C)c1.CC(C)(C)c1cc(-c2cccc3c2c2c(C(C)(C)C)cccc2n3-c2cc(C(C)(C)C)cc(C(C)(C)C)c2)cc(C(C)(C)C)c1.[2H]c1c([2H])c(C)c([2H])c(-c2ccc3c(c2C(C)(C)C)c2c(-c4cc(C(C)(C)C)cc(C(C)(C)C)c4)cccc2n3-c2cc(C(C)(C)C)cc(C(C)(C)C)c2)c1[2H]. The number of benzene rings is 14. The van der Waals surface area contributed by atoms with Crippen LogP contribution in [0.2, 0.25) is 0 Å². The highest BCUT2D eigenvalue weighted by molar-refractivity contribution is 6.21. The van der Waals surface area contributed by atoms with Crippen molar-refractivity contribution in [3.63, 3.8) is 0 Å². The van der Waals surface area contributed by atoms with Crippen molar-refractivity contribution in [2.45, 2.75) is 400 Å². The number of rotatable bonds is 8. The Bertz CT molecular complexity index is 7970. The van der Waals surface area contributed by atoms with Crippen LogP contribution in [0.1, 0.15) is 406 Å². The zero-order chi connectivity index (χ0) is 113. The van der Waals surface area contributed by atoms with Gasteiger partial charge in [-0.15, -0.1) is 0 Å². The lowest BCUT2D eigenvalue weighted by molar-refractivity contribution is 0.567. The molecule has 17 aromatic rings. The van der Waals surface area contributed by atoms with Gasteiger partial charge in [0, 0.05) is 49.4 Å². The molecule has 14 aromatic carbocycles. The quantitative estimate of drug-likeness (QED) is 0.144. The molecule has 0 aliphatic rings. The summed E-state index contributed by atoms with van der Waals surface area (Å²) in [5.74, 6) is 0. The molecule has 0 spiro atoms. The van der Waals surface area contributed by atoms with E-state index < -0.39 is 5.41 Å². The first-order chi connectivity index (χ1) is 69.5. The van der Waals surface area contributed by atoms with Crippen LogP contribution in [0, 0.1) is 6.92 Å². The Balaban J connectivity index is 0.000000171. The molecule has 0 fully saturated rings. The molecule has 3 aromatic heterocycles. The first-order valence-electron chi connectivity index (χ1n) is 56.9. The molecule has 0 amide bonds. The topological polar surface area (TPSA) is 14.8 Å². The second-order valence-corrected chi connectivity index (χ2v) is 58.9. The fourth-order valence-electron chi connectivity index (χ4n) is 21.6. The van der Waals surface area contributed by atoms with Gasteiger partial charge >= 0.3 is 0 Å². The zero-order valence-electron chi connectivity index (χ0n) is 104. The molecule has 0 aliphatic heterocycles. The van der Waals surface area contributed by atoms with E-state index in [-0.39, 0.29) is 100.0 Å². The lowest BCUT2D eigenvalue weighted by Crippen LogP contribution is -2.17. The van der Waals surface area contributed by atoms with E-state index in [1.165, 1.54) is 172 Å². The monoisotopic (exact) mass is 1970 g/mol. The molecule has 3 heteroatoms. The standard InChI is InChI=1S/C51H63N.C50H61N.C44H57N/c1-32-19-17-20-33(25-32)41-23-24-43-45(46(41)51(14,15)16)44-40(34-26-35(47(2,3)4)28-36(27-34)48(5,6)7)21-18-22-42(44)52(43)39-30-37(49(8,9)10)29-38(31-39)50(11,12)13;1-46(2,3)34-26-33(27-35(28-34)47(4,5)6)39-22-19-23-41-43(39)44-42(25-24-40(45(44)50(13,14)15)32-20-17-16-18-21-32)51(41)38-30-36(48(7,8)9)29-37(31-38)49(10,11)12;1-40(2,3)29-22-28(23-30(24-29)41(4,5)6)34-18-16-20-36-38(34)39-35(44(13,14)15)19-17-21-37(39)45(36)33-26-31(42(7,8)9)25-32(27-33)43(10,11)12/h17-31H,1-16H3;16-31H,1-15H3;16-27H,1-15H3/i17D,19D,20D,25D;;. The van der Waals surface area contributed by atoms with Gasteiger partial charge in [0.1, 0.15) is 0 Å². The Morgan fingerprint density at radius 2 is 0.405 bits per heavy atom. The van der Waals surface area contributed by atoms with Crippen LogP contribution in [-0.2, 0) is 81.2 Å². The van der Waals surface area contributed by atoms with Crippen LogP contribution in [0.3, 0.4) is 0 Å². The van der Waals surface area contributed by atoms with Crippen LogP contribution < -0.4 is 0 Å². The third-order valence-corrected chi connectivity index (χ3v) is 30.8. The summed E-state index contributed by atoms with van der Waals surface area (Å²) in [6.07, 6.45) is 0. The Morgan fingerprint density at radius 1 is 0.176 bits per heavy atom. The molecule has 0 N–H and O–H groups in total. The van der Waals surface area contributed by atoms with E-state index in [9.17, 15) is 2.74 Å². The van der Waals surface area contributed by atoms with Crippen LogP contribution >= 0.6 is 0 Å².